The van der Waals surface area contributed by atoms with Gasteiger partial charge >= 0.3 is 6.61 Å². The van der Waals surface area contributed by atoms with Crippen molar-refractivity contribution in [3.63, 3.8) is 0 Å². The van der Waals surface area contributed by atoms with Crippen LogP contribution in [0, 0.1) is 5.92 Å². The van der Waals surface area contributed by atoms with Crippen LogP contribution in [0.1, 0.15) is 38.5 Å². The molecule has 3 amide bonds. The summed E-state index contributed by atoms with van der Waals surface area (Å²) in [6, 6.07) is 3.04. The summed E-state index contributed by atoms with van der Waals surface area (Å²) in [5.74, 6) is -1.67. The van der Waals surface area contributed by atoms with Gasteiger partial charge in [-0.25, -0.2) is 0 Å². The van der Waals surface area contributed by atoms with Crippen LogP contribution in [0.2, 0.25) is 0 Å². The lowest BCUT2D eigenvalue weighted by Crippen LogP contribution is -2.58. The summed E-state index contributed by atoms with van der Waals surface area (Å²) >= 11 is 0. The number of ether oxygens (including phenoxy) is 2. The Bertz CT molecular complexity index is 923. The third kappa shape index (κ3) is 5.47. The fourth-order valence-corrected chi connectivity index (χ4v) is 4.57. The first-order chi connectivity index (χ1) is 16.3. The number of carbonyl (C=O) groups excluding carboxylic acids is 3. The molecule has 1 aromatic rings. The van der Waals surface area contributed by atoms with E-state index < -0.39 is 24.5 Å². The van der Waals surface area contributed by atoms with Crippen molar-refractivity contribution < 1.29 is 32.6 Å². The van der Waals surface area contributed by atoms with Crippen LogP contribution in [0.4, 0.5) is 20.2 Å². The number of alkyl halides is 2. The fraction of sp³-hybridized carbons (Fsp3) is 0.609. The molecule has 11 heteroatoms. The summed E-state index contributed by atoms with van der Waals surface area (Å²) in [7, 11) is 0. The number of primary amides is 1. The molecule has 1 heterocycles. The van der Waals surface area contributed by atoms with E-state index in [0.717, 1.165) is 38.5 Å². The highest BCUT2D eigenvalue weighted by molar-refractivity contribution is 6.10. The smallest absolute Gasteiger partial charge is 0.387 e. The summed E-state index contributed by atoms with van der Waals surface area (Å²) in [6.45, 7) is -2.08. The SMILES string of the molecule is NC(=O)[C@@H](C(=O)Nc1ccc(N2CCOCC2=O)cc1OC(F)F)N(CC1CCC1)C1CCC1. The molecule has 4 rings (SSSR count). The molecule has 2 saturated carbocycles. The second-order valence-corrected chi connectivity index (χ2v) is 9.03. The van der Waals surface area contributed by atoms with Gasteiger partial charge in [0.05, 0.1) is 12.3 Å². The molecule has 34 heavy (non-hydrogen) atoms. The Morgan fingerprint density at radius 3 is 2.53 bits per heavy atom. The van der Waals surface area contributed by atoms with Crippen molar-refractivity contribution in [2.24, 2.45) is 11.7 Å². The average molecular weight is 481 g/mol. The molecule has 9 nitrogen and oxygen atoms in total. The van der Waals surface area contributed by atoms with Gasteiger partial charge in [0.2, 0.25) is 5.91 Å². The van der Waals surface area contributed by atoms with Crippen molar-refractivity contribution >= 4 is 29.1 Å². The molecule has 3 fully saturated rings. The third-order valence-corrected chi connectivity index (χ3v) is 6.82. The number of nitrogens with two attached hydrogens (primary N) is 1. The molecule has 0 spiro atoms. The summed E-state index contributed by atoms with van der Waals surface area (Å²) in [5, 5.41) is 2.56. The van der Waals surface area contributed by atoms with Crippen molar-refractivity contribution in [3.05, 3.63) is 18.2 Å². The van der Waals surface area contributed by atoms with Gasteiger partial charge in [0.1, 0.15) is 6.61 Å². The Morgan fingerprint density at radius 2 is 1.97 bits per heavy atom. The zero-order chi connectivity index (χ0) is 24.2. The lowest BCUT2D eigenvalue weighted by Gasteiger charge is -2.43. The van der Waals surface area contributed by atoms with Crippen LogP contribution >= 0.6 is 0 Å². The van der Waals surface area contributed by atoms with E-state index >= 15 is 0 Å². The number of hydrogen-bond donors (Lipinski definition) is 2. The maximum atomic E-state index is 13.2. The molecular formula is C23H30F2N4O5. The number of hydrogen-bond acceptors (Lipinski definition) is 6. The van der Waals surface area contributed by atoms with Gasteiger partial charge < -0.3 is 25.4 Å². The fourth-order valence-electron chi connectivity index (χ4n) is 4.57. The van der Waals surface area contributed by atoms with E-state index in [0.29, 0.717) is 24.8 Å². The second-order valence-electron chi connectivity index (χ2n) is 9.03. The molecule has 0 unspecified atom stereocenters. The number of morpholine rings is 1. The Kier molecular flexibility index (Phi) is 7.62. The van der Waals surface area contributed by atoms with E-state index in [1.807, 2.05) is 4.90 Å². The number of amides is 3. The van der Waals surface area contributed by atoms with Crippen molar-refractivity contribution in [1.82, 2.24) is 4.90 Å². The predicted octanol–water partition coefficient (Wildman–Crippen LogP) is 2.10. The number of rotatable bonds is 10. The van der Waals surface area contributed by atoms with E-state index in [1.54, 1.807) is 0 Å². The molecule has 0 bridgehead atoms. The third-order valence-electron chi connectivity index (χ3n) is 6.82. The van der Waals surface area contributed by atoms with Gasteiger partial charge in [0, 0.05) is 30.9 Å². The summed E-state index contributed by atoms with van der Waals surface area (Å²) in [4.78, 5) is 41.0. The average Bonchev–Trinajstić information content (AvgIpc) is 2.70. The van der Waals surface area contributed by atoms with Crippen LogP contribution < -0.4 is 20.7 Å². The molecule has 1 aliphatic heterocycles. The summed E-state index contributed by atoms with van der Waals surface area (Å²) in [5.41, 5.74) is 5.96. The highest BCUT2D eigenvalue weighted by Gasteiger charge is 2.40. The topological polar surface area (TPSA) is 114 Å². The van der Waals surface area contributed by atoms with Crippen LogP contribution in [0.25, 0.3) is 0 Å². The summed E-state index contributed by atoms with van der Waals surface area (Å²) in [6.07, 6.45) is 6.00. The Labute approximate surface area is 196 Å². The summed E-state index contributed by atoms with van der Waals surface area (Å²) < 4.78 is 36.0. The van der Waals surface area contributed by atoms with Crippen LogP contribution in [0.3, 0.4) is 0 Å². The highest BCUT2D eigenvalue weighted by Crippen LogP contribution is 2.35. The number of halogens is 2. The number of nitrogens with zero attached hydrogens (tertiary/aromatic N) is 2. The Morgan fingerprint density at radius 1 is 1.24 bits per heavy atom. The molecule has 1 atom stereocenters. The van der Waals surface area contributed by atoms with Gasteiger partial charge in [-0.15, -0.1) is 0 Å². The van der Waals surface area contributed by atoms with Crippen LogP contribution in [-0.2, 0) is 19.1 Å². The van der Waals surface area contributed by atoms with Crippen molar-refractivity contribution in [2.45, 2.75) is 57.2 Å². The monoisotopic (exact) mass is 480 g/mol. The molecule has 0 aromatic heterocycles. The zero-order valence-corrected chi connectivity index (χ0v) is 18.9. The van der Waals surface area contributed by atoms with E-state index in [1.165, 1.54) is 23.1 Å². The molecule has 3 aliphatic rings. The number of nitrogens with one attached hydrogen (secondary N) is 1. The van der Waals surface area contributed by atoms with Gasteiger partial charge in [0.15, 0.2) is 11.8 Å². The number of anilines is 2. The van der Waals surface area contributed by atoms with Gasteiger partial charge in [-0.2, -0.15) is 8.78 Å². The molecule has 1 saturated heterocycles. The van der Waals surface area contributed by atoms with Crippen molar-refractivity contribution in [3.8, 4) is 5.75 Å². The minimum absolute atomic E-state index is 0.0294. The van der Waals surface area contributed by atoms with Crippen molar-refractivity contribution in [2.75, 3.05) is 36.5 Å². The molecule has 0 radical (unpaired) electrons. The minimum Gasteiger partial charge on any atom is -0.433 e. The first-order valence-corrected chi connectivity index (χ1v) is 11.7. The largest absolute Gasteiger partial charge is 0.433 e. The van der Waals surface area contributed by atoms with E-state index in [4.69, 9.17) is 10.5 Å². The first kappa shape index (κ1) is 24.3. The Hall–Kier alpha value is -2.79. The minimum atomic E-state index is -3.15. The predicted molar refractivity (Wildman–Crippen MR) is 120 cm³/mol. The van der Waals surface area contributed by atoms with Crippen LogP contribution in [0.5, 0.6) is 5.75 Å². The van der Waals surface area contributed by atoms with Gasteiger partial charge in [0.25, 0.3) is 11.8 Å². The van der Waals surface area contributed by atoms with E-state index in [9.17, 15) is 23.2 Å². The number of benzene rings is 1. The maximum absolute atomic E-state index is 13.2. The second kappa shape index (κ2) is 10.6. The normalized spacial score (nSPS) is 20.1. The Balaban J connectivity index is 1.56. The van der Waals surface area contributed by atoms with Crippen molar-refractivity contribution in [1.29, 1.82) is 0 Å². The lowest BCUT2D eigenvalue weighted by atomic mass is 9.82. The lowest BCUT2D eigenvalue weighted by molar-refractivity contribution is -0.135. The molecule has 2 aliphatic carbocycles. The van der Waals surface area contributed by atoms with Crippen LogP contribution in [0.15, 0.2) is 18.2 Å². The quantitative estimate of drug-likeness (QED) is 0.496. The number of carbonyl (C=O) groups is 3. The van der Waals surface area contributed by atoms with Gasteiger partial charge in [-0.3, -0.25) is 19.3 Å². The molecular weight excluding hydrogens is 450 g/mol. The zero-order valence-electron chi connectivity index (χ0n) is 18.9. The van der Waals surface area contributed by atoms with Gasteiger partial charge in [-0.1, -0.05) is 12.8 Å². The highest BCUT2D eigenvalue weighted by atomic mass is 19.3. The standard InChI is InChI=1S/C23H30F2N4O5/c24-23(25)34-18-11-16(28-9-10-33-13-19(28)30)7-8-17(18)27-22(32)20(21(26)31)29(15-5-2-6-15)12-14-3-1-4-14/h7-8,11,14-15,20,23H,1-6,9-10,12-13H2,(H2,26,31)(H,27,32)/t20-/m0/s1. The molecule has 186 valence electrons. The molecule has 1 aromatic carbocycles. The van der Waals surface area contributed by atoms with Gasteiger partial charge in [-0.05, 0) is 43.7 Å². The van der Waals surface area contributed by atoms with Crippen LogP contribution in [-0.4, -0.2) is 67.6 Å². The van der Waals surface area contributed by atoms with E-state index in [2.05, 4.69) is 10.1 Å². The maximum Gasteiger partial charge on any atom is 0.387 e. The first-order valence-electron chi connectivity index (χ1n) is 11.7. The van der Waals surface area contributed by atoms with E-state index in [-0.39, 0.29) is 36.5 Å². The molecule has 3 N–H and O–H groups in total.